The molecule has 0 radical (unpaired) electrons. The third kappa shape index (κ3) is 4.74. The molecule has 2 rings (SSSR count). The smallest absolute Gasteiger partial charge is 0.314 e. The maximum absolute atomic E-state index is 13.4. The normalized spacial score (nSPS) is 13.4. The van der Waals surface area contributed by atoms with E-state index < -0.39 is 23.3 Å². The molecule has 3 N–H and O–H groups in total. The highest BCUT2D eigenvalue weighted by atomic mass is 32.1. The van der Waals surface area contributed by atoms with Crippen LogP contribution in [-0.4, -0.2) is 24.2 Å². The third-order valence-corrected chi connectivity index (χ3v) is 4.14. The second-order valence-electron chi connectivity index (χ2n) is 5.35. The Morgan fingerprint density at radius 1 is 1.26 bits per heavy atom. The molecule has 4 nitrogen and oxygen atoms in total. The molecular formula is C16H18F2N2O2S. The van der Waals surface area contributed by atoms with Gasteiger partial charge in [0.1, 0.15) is 17.2 Å². The minimum Gasteiger partial charge on any atom is -0.384 e. The fraction of sp³-hybridized carbons (Fsp3) is 0.312. The summed E-state index contributed by atoms with van der Waals surface area (Å²) < 4.78 is 26.9. The molecule has 0 saturated heterocycles. The number of thiophene rings is 1. The zero-order chi connectivity index (χ0) is 16.9. The molecular weight excluding hydrogens is 322 g/mol. The molecule has 1 unspecified atom stereocenters. The highest BCUT2D eigenvalue weighted by Gasteiger charge is 2.24. The van der Waals surface area contributed by atoms with Gasteiger partial charge in [0.05, 0.1) is 6.54 Å². The summed E-state index contributed by atoms with van der Waals surface area (Å²) in [4.78, 5) is 11.7. The minimum atomic E-state index is -1.17. The number of hydrogen-bond donors (Lipinski definition) is 3. The van der Waals surface area contributed by atoms with E-state index in [9.17, 15) is 18.7 Å². The number of halogens is 2. The molecule has 1 aromatic heterocycles. The standard InChI is InChI=1S/C16H18F2N2O2S/c1-16(22,11-6-8-23-9-11)10-20-15(21)19-7-5-12-13(17)3-2-4-14(12)18/h2-4,6,8-9,22H,5,7,10H2,1H3,(H2,19,20,21). The van der Waals surface area contributed by atoms with Gasteiger partial charge in [-0.15, -0.1) is 0 Å². The number of carbonyl (C=O) groups excluding carboxylic acids is 1. The Morgan fingerprint density at radius 2 is 1.96 bits per heavy atom. The highest BCUT2D eigenvalue weighted by molar-refractivity contribution is 7.08. The van der Waals surface area contributed by atoms with Crippen LogP contribution in [0.3, 0.4) is 0 Å². The summed E-state index contributed by atoms with van der Waals surface area (Å²) in [5.41, 5.74) is -0.510. The first kappa shape index (κ1) is 17.4. The zero-order valence-corrected chi connectivity index (χ0v) is 13.4. The number of urea groups is 1. The van der Waals surface area contributed by atoms with Crippen molar-refractivity contribution >= 4 is 17.4 Å². The van der Waals surface area contributed by atoms with Gasteiger partial charge in [-0.3, -0.25) is 0 Å². The molecule has 2 aromatic rings. The predicted octanol–water partition coefficient (Wildman–Crippen LogP) is 2.78. The van der Waals surface area contributed by atoms with E-state index in [0.29, 0.717) is 0 Å². The maximum Gasteiger partial charge on any atom is 0.314 e. The minimum absolute atomic E-state index is 0.0314. The zero-order valence-electron chi connectivity index (χ0n) is 12.6. The van der Waals surface area contributed by atoms with Gasteiger partial charge in [-0.05, 0) is 47.9 Å². The highest BCUT2D eigenvalue weighted by Crippen LogP contribution is 2.21. The average molecular weight is 340 g/mol. The Bertz CT molecular complexity index is 640. The van der Waals surface area contributed by atoms with Crippen LogP contribution in [0.25, 0.3) is 0 Å². The molecule has 124 valence electrons. The van der Waals surface area contributed by atoms with E-state index in [4.69, 9.17) is 0 Å². The summed E-state index contributed by atoms with van der Waals surface area (Å²) in [6.07, 6.45) is 0.0485. The molecule has 0 aliphatic rings. The SMILES string of the molecule is CC(O)(CNC(=O)NCCc1c(F)cccc1F)c1ccsc1. The Hall–Kier alpha value is -1.99. The Balaban J connectivity index is 1.78. The maximum atomic E-state index is 13.4. The molecule has 1 aromatic carbocycles. The molecule has 0 aliphatic heterocycles. The van der Waals surface area contributed by atoms with Crippen molar-refractivity contribution in [3.05, 3.63) is 57.8 Å². The molecule has 0 bridgehead atoms. The van der Waals surface area contributed by atoms with Crippen LogP contribution >= 0.6 is 11.3 Å². The van der Waals surface area contributed by atoms with Gasteiger partial charge in [0.15, 0.2) is 0 Å². The molecule has 0 spiro atoms. The molecule has 0 saturated carbocycles. The van der Waals surface area contributed by atoms with E-state index in [1.165, 1.54) is 29.5 Å². The van der Waals surface area contributed by atoms with Gasteiger partial charge in [-0.1, -0.05) is 6.07 Å². The second kappa shape index (κ2) is 7.52. The van der Waals surface area contributed by atoms with Crippen LogP contribution in [0.5, 0.6) is 0 Å². The van der Waals surface area contributed by atoms with Gasteiger partial charge >= 0.3 is 6.03 Å². The molecule has 2 amide bonds. The van der Waals surface area contributed by atoms with Crippen LogP contribution in [-0.2, 0) is 12.0 Å². The fourth-order valence-electron chi connectivity index (χ4n) is 2.06. The number of amides is 2. The lowest BCUT2D eigenvalue weighted by Crippen LogP contribution is -2.43. The first-order valence-corrected chi connectivity index (χ1v) is 8.04. The molecule has 0 fully saturated rings. The van der Waals surface area contributed by atoms with Crippen molar-refractivity contribution in [2.45, 2.75) is 18.9 Å². The Morgan fingerprint density at radius 3 is 2.57 bits per heavy atom. The summed E-state index contributed by atoms with van der Waals surface area (Å²) >= 11 is 1.46. The van der Waals surface area contributed by atoms with E-state index in [-0.39, 0.29) is 25.1 Å². The first-order valence-electron chi connectivity index (χ1n) is 7.10. The fourth-order valence-corrected chi connectivity index (χ4v) is 2.84. The van der Waals surface area contributed by atoms with Gasteiger partial charge in [-0.25, -0.2) is 13.6 Å². The van der Waals surface area contributed by atoms with Crippen LogP contribution in [0.15, 0.2) is 35.0 Å². The number of aliphatic hydroxyl groups is 1. The van der Waals surface area contributed by atoms with Crippen LogP contribution in [0.4, 0.5) is 13.6 Å². The van der Waals surface area contributed by atoms with Crippen molar-refractivity contribution in [2.75, 3.05) is 13.1 Å². The number of benzene rings is 1. The summed E-state index contributed by atoms with van der Waals surface area (Å²) in [5, 5.41) is 19.0. The van der Waals surface area contributed by atoms with Crippen molar-refractivity contribution in [1.29, 1.82) is 0 Å². The van der Waals surface area contributed by atoms with Crippen molar-refractivity contribution in [3.8, 4) is 0 Å². The molecule has 7 heteroatoms. The molecule has 1 atom stereocenters. The van der Waals surface area contributed by atoms with E-state index >= 15 is 0 Å². The Labute approximate surface area is 137 Å². The molecule has 23 heavy (non-hydrogen) atoms. The summed E-state index contributed by atoms with van der Waals surface area (Å²) in [6, 6.07) is 4.93. The van der Waals surface area contributed by atoms with Crippen molar-refractivity contribution < 1.29 is 18.7 Å². The first-order chi connectivity index (χ1) is 10.9. The Kier molecular flexibility index (Phi) is 5.68. The van der Waals surface area contributed by atoms with E-state index in [0.717, 1.165) is 5.56 Å². The van der Waals surface area contributed by atoms with Crippen LogP contribution in [0.1, 0.15) is 18.1 Å². The van der Waals surface area contributed by atoms with Gasteiger partial charge in [-0.2, -0.15) is 11.3 Å². The summed E-state index contributed by atoms with van der Waals surface area (Å²) in [6.45, 7) is 1.72. The quantitative estimate of drug-likeness (QED) is 0.757. The number of hydrogen-bond acceptors (Lipinski definition) is 3. The van der Waals surface area contributed by atoms with E-state index in [1.807, 2.05) is 5.38 Å². The molecule has 0 aliphatic carbocycles. The monoisotopic (exact) mass is 340 g/mol. The summed E-state index contributed by atoms with van der Waals surface area (Å²) in [5.74, 6) is -1.26. The van der Waals surface area contributed by atoms with E-state index in [1.54, 1.807) is 18.4 Å². The number of carbonyl (C=O) groups is 1. The second-order valence-corrected chi connectivity index (χ2v) is 6.13. The van der Waals surface area contributed by atoms with Crippen molar-refractivity contribution in [1.82, 2.24) is 10.6 Å². The van der Waals surface area contributed by atoms with Crippen LogP contribution in [0, 0.1) is 11.6 Å². The van der Waals surface area contributed by atoms with Gasteiger partial charge in [0.2, 0.25) is 0 Å². The average Bonchev–Trinajstić information content (AvgIpc) is 3.03. The van der Waals surface area contributed by atoms with Crippen molar-refractivity contribution in [3.63, 3.8) is 0 Å². The van der Waals surface area contributed by atoms with Crippen molar-refractivity contribution in [2.24, 2.45) is 0 Å². The lowest BCUT2D eigenvalue weighted by molar-refractivity contribution is 0.0598. The number of nitrogens with one attached hydrogen (secondary N) is 2. The van der Waals surface area contributed by atoms with Gasteiger partial charge in [0, 0.05) is 12.1 Å². The topological polar surface area (TPSA) is 61.4 Å². The van der Waals surface area contributed by atoms with Gasteiger partial charge < -0.3 is 15.7 Å². The lowest BCUT2D eigenvalue weighted by atomic mass is 9.99. The van der Waals surface area contributed by atoms with Crippen LogP contribution < -0.4 is 10.6 Å². The number of rotatable bonds is 6. The molecule has 1 heterocycles. The lowest BCUT2D eigenvalue weighted by Gasteiger charge is -2.22. The van der Waals surface area contributed by atoms with Gasteiger partial charge in [0.25, 0.3) is 0 Å². The predicted molar refractivity (Wildman–Crippen MR) is 85.4 cm³/mol. The third-order valence-electron chi connectivity index (χ3n) is 3.46. The van der Waals surface area contributed by atoms with E-state index in [2.05, 4.69) is 10.6 Å². The van der Waals surface area contributed by atoms with Crippen LogP contribution in [0.2, 0.25) is 0 Å². The summed E-state index contributed by atoms with van der Waals surface area (Å²) in [7, 11) is 0. The largest absolute Gasteiger partial charge is 0.384 e.